The molecule has 0 spiro atoms. The maximum Gasteiger partial charge on any atom is 0.264 e. The van der Waals surface area contributed by atoms with E-state index in [0.29, 0.717) is 16.3 Å². The number of hydrogen-bond donors (Lipinski definition) is 1. The van der Waals surface area contributed by atoms with Crippen LogP contribution >= 0.6 is 11.6 Å². The Labute approximate surface area is 295 Å². The summed E-state index contributed by atoms with van der Waals surface area (Å²) in [5.41, 5.74) is 3.43. The fourth-order valence-electron chi connectivity index (χ4n) is 6.27. The van der Waals surface area contributed by atoms with Crippen molar-refractivity contribution in [2.24, 2.45) is 0 Å². The van der Waals surface area contributed by atoms with Crippen LogP contribution in [0, 0.1) is 13.8 Å². The second-order valence-corrected chi connectivity index (χ2v) is 15.0. The van der Waals surface area contributed by atoms with Crippen LogP contribution in [0.4, 0.5) is 5.69 Å². The maximum atomic E-state index is 14.8. The number of halogens is 1. The van der Waals surface area contributed by atoms with Crippen molar-refractivity contribution in [3.05, 3.63) is 124 Å². The van der Waals surface area contributed by atoms with Crippen LogP contribution in [0.25, 0.3) is 0 Å². The molecule has 4 aromatic rings. The molecule has 0 heterocycles. The summed E-state index contributed by atoms with van der Waals surface area (Å²) >= 11 is 6.41. The summed E-state index contributed by atoms with van der Waals surface area (Å²) in [5.74, 6) is -0.189. The summed E-state index contributed by atoms with van der Waals surface area (Å²) in [6.45, 7) is 3.15. The van der Waals surface area contributed by atoms with Gasteiger partial charge >= 0.3 is 0 Å². The molecule has 1 N–H and O–H groups in total. The minimum Gasteiger partial charge on any atom is -0.497 e. The first kappa shape index (κ1) is 36.0. The molecule has 5 rings (SSSR count). The summed E-state index contributed by atoms with van der Waals surface area (Å²) in [6, 6.07) is 27.4. The number of benzene rings is 4. The minimum absolute atomic E-state index is 0.0146. The molecule has 0 aromatic heterocycles. The van der Waals surface area contributed by atoms with Gasteiger partial charge in [0.1, 0.15) is 18.3 Å². The molecule has 4 aromatic carbocycles. The Bertz CT molecular complexity index is 1840. The molecule has 1 aliphatic carbocycles. The third-order valence-corrected chi connectivity index (χ3v) is 11.0. The van der Waals surface area contributed by atoms with Crippen LogP contribution in [0.2, 0.25) is 5.02 Å². The molecule has 10 heteroatoms. The van der Waals surface area contributed by atoms with E-state index in [4.69, 9.17) is 16.3 Å². The zero-order chi connectivity index (χ0) is 35.0. The summed E-state index contributed by atoms with van der Waals surface area (Å²) in [7, 11) is -2.67. The fourth-order valence-corrected chi connectivity index (χ4v) is 7.90. The largest absolute Gasteiger partial charge is 0.497 e. The molecule has 49 heavy (non-hydrogen) atoms. The lowest BCUT2D eigenvalue weighted by Crippen LogP contribution is -2.55. The van der Waals surface area contributed by atoms with Gasteiger partial charge in [0, 0.05) is 24.0 Å². The van der Waals surface area contributed by atoms with Gasteiger partial charge in [-0.05, 0) is 79.8 Å². The van der Waals surface area contributed by atoms with E-state index in [2.05, 4.69) is 5.32 Å². The SMILES string of the molecule is COc1cccc(CN(C(=O)CN(c2cc(Cl)ccc2C)S(=O)(=O)c2ccc(C)cc2)C(Cc2ccccc2)C(=O)NC2CCCCC2)c1. The van der Waals surface area contributed by atoms with Crippen molar-refractivity contribution in [1.29, 1.82) is 0 Å². The number of ether oxygens (including phenoxy) is 1. The van der Waals surface area contributed by atoms with Gasteiger partial charge in [0.15, 0.2) is 0 Å². The summed E-state index contributed by atoms with van der Waals surface area (Å²) in [6.07, 6.45) is 5.20. The Hall–Kier alpha value is -4.34. The number of nitrogens with zero attached hydrogens (tertiary/aromatic N) is 2. The number of amides is 2. The number of methoxy groups -OCH3 is 1. The third kappa shape index (κ3) is 9.22. The van der Waals surface area contributed by atoms with Crippen LogP contribution in [-0.2, 0) is 32.6 Å². The predicted molar refractivity (Wildman–Crippen MR) is 194 cm³/mol. The van der Waals surface area contributed by atoms with Gasteiger partial charge < -0.3 is 15.0 Å². The van der Waals surface area contributed by atoms with Gasteiger partial charge in [-0.15, -0.1) is 0 Å². The molecule has 258 valence electrons. The predicted octanol–water partition coefficient (Wildman–Crippen LogP) is 7.25. The number of hydrogen-bond acceptors (Lipinski definition) is 5. The highest BCUT2D eigenvalue weighted by molar-refractivity contribution is 7.92. The first-order chi connectivity index (χ1) is 23.5. The Morgan fingerprint density at radius 3 is 2.27 bits per heavy atom. The highest BCUT2D eigenvalue weighted by Gasteiger charge is 2.36. The van der Waals surface area contributed by atoms with Crippen molar-refractivity contribution in [1.82, 2.24) is 10.2 Å². The Morgan fingerprint density at radius 1 is 0.878 bits per heavy atom. The number of rotatable bonds is 13. The third-order valence-electron chi connectivity index (χ3n) is 9.04. The van der Waals surface area contributed by atoms with Gasteiger partial charge in [0.2, 0.25) is 11.8 Å². The number of aryl methyl sites for hydroxylation is 2. The lowest BCUT2D eigenvalue weighted by atomic mass is 9.94. The van der Waals surface area contributed by atoms with Crippen molar-refractivity contribution < 1.29 is 22.7 Å². The number of anilines is 1. The number of carbonyl (C=O) groups is 2. The smallest absolute Gasteiger partial charge is 0.264 e. The number of carbonyl (C=O) groups excluding carboxylic acids is 2. The average Bonchev–Trinajstić information content (AvgIpc) is 3.10. The fraction of sp³-hybridized carbons (Fsp3) is 0.333. The molecule has 0 saturated heterocycles. The van der Waals surface area contributed by atoms with E-state index in [0.717, 1.165) is 53.1 Å². The second-order valence-electron chi connectivity index (χ2n) is 12.7. The van der Waals surface area contributed by atoms with Gasteiger partial charge in [-0.25, -0.2) is 8.42 Å². The van der Waals surface area contributed by atoms with Crippen molar-refractivity contribution in [2.45, 2.75) is 75.9 Å². The van der Waals surface area contributed by atoms with Gasteiger partial charge in [-0.2, -0.15) is 0 Å². The van der Waals surface area contributed by atoms with Gasteiger partial charge in [0.05, 0.1) is 17.7 Å². The quantitative estimate of drug-likeness (QED) is 0.159. The molecule has 2 amide bonds. The molecule has 0 bridgehead atoms. The summed E-state index contributed by atoms with van der Waals surface area (Å²) < 4.78 is 35.3. The highest BCUT2D eigenvalue weighted by atomic mass is 35.5. The normalized spacial score (nSPS) is 14.1. The highest BCUT2D eigenvalue weighted by Crippen LogP contribution is 2.31. The second kappa shape index (κ2) is 16.4. The van der Waals surface area contributed by atoms with Gasteiger partial charge in [-0.3, -0.25) is 13.9 Å². The van der Waals surface area contributed by atoms with E-state index in [1.54, 1.807) is 44.4 Å². The first-order valence-electron chi connectivity index (χ1n) is 16.7. The Kier molecular flexibility index (Phi) is 12.0. The molecular formula is C39H44ClN3O5S. The molecule has 0 aliphatic heterocycles. The van der Waals surface area contributed by atoms with Crippen LogP contribution in [0.3, 0.4) is 0 Å². The van der Waals surface area contributed by atoms with E-state index in [-0.39, 0.29) is 35.5 Å². The first-order valence-corrected chi connectivity index (χ1v) is 18.5. The average molecular weight is 702 g/mol. The summed E-state index contributed by atoms with van der Waals surface area (Å²) in [4.78, 5) is 30.7. The molecule has 8 nitrogen and oxygen atoms in total. The van der Waals surface area contributed by atoms with E-state index < -0.39 is 28.5 Å². The standard InChI is InChI=1S/C39H44ClN3O5S/c1-28-17-21-35(22-18-28)49(46,47)43(36-25-32(40)20-19-29(36)2)27-38(44)42(26-31-13-10-16-34(23-31)48-3)37(24-30-11-6-4-7-12-30)39(45)41-33-14-8-5-9-15-33/h4,6-7,10-13,16-23,25,33,37H,5,8-9,14-15,24,26-27H2,1-3H3,(H,41,45). The van der Waals surface area contributed by atoms with Crippen molar-refractivity contribution in [3.63, 3.8) is 0 Å². The van der Waals surface area contributed by atoms with Crippen LogP contribution in [-0.4, -0.2) is 50.9 Å². The van der Waals surface area contributed by atoms with Crippen LogP contribution < -0.4 is 14.4 Å². The van der Waals surface area contributed by atoms with Gasteiger partial charge in [-0.1, -0.05) is 97.1 Å². The lowest BCUT2D eigenvalue weighted by Gasteiger charge is -2.35. The molecule has 1 saturated carbocycles. The Morgan fingerprint density at radius 2 is 1.57 bits per heavy atom. The van der Waals surface area contributed by atoms with E-state index in [1.165, 1.54) is 17.0 Å². The van der Waals surface area contributed by atoms with E-state index in [9.17, 15) is 18.0 Å². The van der Waals surface area contributed by atoms with Crippen LogP contribution in [0.5, 0.6) is 5.75 Å². The molecule has 0 radical (unpaired) electrons. The number of sulfonamides is 1. The molecule has 1 unspecified atom stereocenters. The maximum absolute atomic E-state index is 14.8. The zero-order valence-corrected chi connectivity index (χ0v) is 29.8. The molecule has 1 atom stereocenters. The van der Waals surface area contributed by atoms with Crippen molar-refractivity contribution in [2.75, 3.05) is 18.0 Å². The monoisotopic (exact) mass is 701 g/mol. The van der Waals surface area contributed by atoms with Crippen LogP contribution in [0.15, 0.2) is 102 Å². The molecule has 1 aliphatic rings. The van der Waals surface area contributed by atoms with Crippen molar-refractivity contribution >= 4 is 39.1 Å². The van der Waals surface area contributed by atoms with E-state index >= 15 is 0 Å². The lowest BCUT2D eigenvalue weighted by molar-refractivity contribution is -0.140. The molecule has 1 fully saturated rings. The Balaban J connectivity index is 1.59. The van der Waals surface area contributed by atoms with Crippen LogP contribution in [0.1, 0.15) is 54.4 Å². The topological polar surface area (TPSA) is 96.0 Å². The summed E-state index contributed by atoms with van der Waals surface area (Å²) in [5, 5.41) is 3.57. The number of nitrogens with one attached hydrogen (secondary N) is 1. The van der Waals surface area contributed by atoms with Gasteiger partial charge in [0.25, 0.3) is 10.0 Å². The zero-order valence-electron chi connectivity index (χ0n) is 28.3. The molecular weight excluding hydrogens is 658 g/mol. The minimum atomic E-state index is -4.24. The van der Waals surface area contributed by atoms with Crippen molar-refractivity contribution in [3.8, 4) is 5.75 Å². The van der Waals surface area contributed by atoms with E-state index in [1.807, 2.05) is 61.5 Å².